The molecule has 0 bridgehead atoms. The van der Waals surface area contributed by atoms with E-state index in [0.717, 1.165) is 5.52 Å². The van der Waals surface area contributed by atoms with Crippen molar-refractivity contribution < 1.29 is 14.3 Å². The number of fused-ring (bicyclic) bond motifs is 3. The van der Waals surface area contributed by atoms with E-state index in [1.54, 1.807) is 18.2 Å². The van der Waals surface area contributed by atoms with Crippen LogP contribution in [0.3, 0.4) is 0 Å². The molecule has 4 rings (SSSR count). The van der Waals surface area contributed by atoms with Gasteiger partial charge in [0.05, 0.1) is 30.3 Å². The van der Waals surface area contributed by atoms with Gasteiger partial charge in [-0.1, -0.05) is 23.7 Å². The number of para-hydroxylation sites is 2. The monoisotopic (exact) mass is 370 g/mol. The number of hydrogen-bond acceptors (Lipinski definition) is 5. The van der Waals surface area contributed by atoms with Crippen molar-refractivity contribution in [2.24, 2.45) is 0 Å². The minimum absolute atomic E-state index is 0.0159. The molecule has 0 radical (unpaired) electrons. The zero-order valence-electron chi connectivity index (χ0n) is 13.8. The van der Waals surface area contributed by atoms with Crippen molar-refractivity contribution in [2.45, 2.75) is 12.5 Å². The van der Waals surface area contributed by atoms with E-state index < -0.39 is 6.04 Å². The summed E-state index contributed by atoms with van der Waals surface area (Å²) in [5.41, 5.74) is 1.86. The Kier molecular flexibility index (Phi) is 4.00. The van der Waals surface area contributed by atoms with Crippen molar-refractivity contribution >= 4 is 46.1 Å². The molecular weight excluding hydrogens is 356 g/mol. The van der Waals surface area contributed by atoms with Crippen molar-refractivity contribution in [2.75, 3.05) is 17.7 Å². The third-order valence-electron chi connectivity index (χ3n) is 4.23. The van der Waals surface area contributed by atoms with E-state index in [9.17, 15) is 9.59 Å². The third-order valence-corrected chi connectivity index (χ3v) is 4.46. The van der Waals surface area contributed by atoms with Crippen molar-refractivity contribution in [3.63, 3.8) is 0 Å². The van der Waals surface area contributed by atoms with Crippen LogP contribution in [-0.4, -0.2) is 34.5 Å². The fraction of sp³-hybridized carbons (Fsp3) is 0.167. The highest BCUT2D eigenvalue weighted by atomic mass is 35.5. The van der Waals surface area contributed by atoms with E-state index >= 15 is 0 Å². The Morgan fingerprint density at radius 3 is 2.96 bits per heavy atom. The number of amides is 1. The molecule has 26 heavy (non-hydrogen) atoms. The first kappa shape index (κ1) is 16.4. The lowest BCUT2D eigenvalue weighted by molar-refractivity contribution is -0.117. The standard InChI is InChI=1S/C18H15ClN4O3/c1-26-15-7-6-10(19)8-12(15)20-17(25)13-9-16(24)23-14-5-3-2-4-11(14)21-18(23)22-13/h2-8,13H,9H2,1H3,(H,20,25)(H,21,22). The van der Waals surface area contributed by atoms with Gasteiger partial charge in [-0.3, -0.25) is 9.59 Å². The zero-order valence-corrected chi connectivity index (χ0v) is 14.6. The number of carbonyl (C=O) groups is 2. The van der Waals surface area contributed by atoms with Crippen molar-refractivity contribution in [3.8, 4) is 5.75 Å². The maximum atomic E-state index is 12.7. The summed E-state index contributed by atoms with van der Waals surface area (Å²) in [6.45, 7) is 0. The van der Waals surface area contributed by atoms with Crippen LogP contribution in [0.15, 0.2) is 42.5 Å². The molecule has 1 atom stereocenters. The second-order valence-electron chi connectivity index (χ2n) is 5.89. The first-order valence-corrected chi connectivity index (χ1v) is 8.36. The van der Waals surface area contributed by atoms with Gasteiger partial charge in [0.25, 0.3) is 0 Å². The Morgan fingerprint density at radius 2 is 2.15 bits per heavy atom. The van der Waals surface area contributed by atoms with Gasteiger partial charge in [-0.05, 0) is 30.3 Å². The second-order valence-corrected chi connectivity index (χ2v) is 6.32. The van der Waals surface area contributed by atoms with Crippen LogP contribution in [0.25, 0.3) is 11.0 Å². The molecule has 0 saturated heterocycles. The molecule has 1 unspecified atom stereocenters. The normalized spacial score (nSPS) is 16.1. The Hall–Kier alpha value is -3.06. The summed E-state index contributed by atoms with van der Waals surface area (Å²) in [7, 11) is 1.50. The number of benzene rings is 2. The molecule has 1 aliphatic heterocycles. The number of anilines is 2. The molecular formula is C18H15ClN4O3. The highest BCUT2D eigenvalue weighted by Crippen LogP contribution is 2.29. The van der Waals surface area contributed by atoms with Gasteiger partial charge < -0.3 is 15.4 Å². The molecule has 0 saturated carbocycles. The molecule has 0 spiro atoms. The minimum atomic E-state index is -0.740. The van der Waals surface area contributed by atoms with E-state index in [4.69, 9.17) is 16.3 Å². The lowest BCUT2D eigenvalue weighted by Crippen LogP contribution is -2.42. The van der Waals surface area contributed by atoms with Crippen molar-refractivity contribution in [1.82, 2.24) is 9.55 Å². The number of nitrogens with zero attached hydrogens (tertiary/aromatic N) is 2. The quantitative estimate of drug-likeness (QED) is 0.739. The molecule has 1 aliphatic rings. The van der Waals surface area contributed by atoms with Gasteiger partial charge in [0, 0.05) is 5.02 Å². The molecule has 2 heterocycles. The average Bonchev–Trinajstić information content (AvgIpc) is 3.00. The Bertz CT molecular complexity index is 1030. The van der Waals surface area contributed by atoms with Crippen LogP contribution in [-0.2, 0) is 4.79 Å². The fourth-order valence-electron chi connectivity index (χ4n) is 3.00. The molecule has 2 N–H and O–H groups in total. The van der Waals surface area contributed by atoms with Crippen LogP contribution in [0.5, 0.6) is 5.75 Å². The van der Waals surface area contributed by atoms with Crippen LogP contribution in [0.2, 0.25) is 5.02 Å². The molecule has 7 nitrogen and oxygen atoms in total. The Morgan fingerprint density at radius 1 is 1.35 bits per heavy atom. The number of ether oxygens (including phenoxy) is 1. The van der Waals surface area contributed by atoms with Gasteiger partial charge >= 0.3 is 0 Å². The number of methoxy groups -OCH3 is 1. The highest BCUT2D eigenvalue weighted by molar-refractivity contribution is 6.31. The molecule has 0 aliphatic carbocycles. The van der Waals surface area contributed by atoms with Gasteiger partial charge in [0.2, 0.25) is 17.8 Å². The smallest absolute Gasteiger partial charge is 0.247 e. The first-order chi connectivity index (χ1) is 12.6. The molecule has 0 fully saturated rings. The number of halogens is 1. The summed E-state index contributed by atoms with van der Waals surface area (Å²) in [4.78, 5) is 29.6. The summed E-state index contributed by atoms with van der Waals surface area (Å²) in [5.74, 6) is 0.292. The Labute approximate surface area is 153 Å². The number of imidazole rings is 1. The lowest BCUT2D eigenvalue weighted by atomic mass is 10.1. The van der Waals surface area contributed by atoms with E-state index in [1.807, 2.05) is 24.3 Å². The predicted molar refractivity (Wildman–Crippen MR) is 99.0 cm³/mol. The maximum absolute atomic E-state index is 12.7. The molecule has 2 aromatic carbocycles. The second kappa shape index (κ2) is 6.34. The molecule has 132 valence electrons. The van der Waals surface area contributed by atoms with Gasteiger partial charge in [-0.15, -0.1) is 0 Å². The number of nitrogens with one attached hydrogen (secondary N) is 2. The van der Waals surface area contributed by atoms with E-state index in [-0.39, 0.29) is 18.2 Å². The van der Waals surface area contributed by atoms with Gasteiger partial charge in [-0.25, -0.2) is 9.55 Å². The van der Waals surface area contributed by atoms with Crippen LogP contribution in [0.4, 0.5) is 11.6 Å². The predicted octanol–water partition coefficient (Wildman–Crippen LogP) is 3.16. The van der Waals surface area contributed by atoms with Gasteiger partial charge in [0.1, 0.15) is 11.8 Å². The lowest BCUT2D eigenvalue weighted by Gasteiger charge is -2.24. The largest absolute Gasteiger partial charge is 0.495 e. The summed E-state index contributed by atoms with van der Waals surface area (Å²) in [6.07, 6.45) is 0.0159. The van der Waals surface area contributed by atoms with Gasteiger partial charge in [0.15, 0.2) is 0 Å². The van der Waals surface area contributed by atoms with E-state index in [1.165, 1.54) is 11.7 Å². The number of carbonyl (C=O) groups excluding carboxylic acids is 2. The Balaban J connectivity index is 1.61. The molecule has 8 heteroatoms. The van der Waals surface area contributed by atoms with Crippen LogP contribution in [0, 0.1) is 0 Å². The molecule has 1 amide bonds. The van der Waals surface area contributed by atoms with Gasteiger partial charge in [-0.2, -0.15) is 0 Å². The molecule has 3 aromatic rings. The summed E-state index contributed by atoms with van der Waals surface area (Å²) >= 11 is 5.99. The number of hydrogen-bond donors (Lipinski definition) is 2. The SMILES string of the molecule is COc1ccc(Cl)cc1NC(=O)C1CC(=O)n2c(nc3ccccc32)N1. The van der Waals surface area contributed by atoms with Crippen molar-refractivity contribution in [3.05, 3.63) is 47.5 Å². The number of aromatic nitrogens is 2. The van der Waals surface area contributed by atoms with Crippen LogP contribution >= 0.6 is 11.6 Å². The highest BCUT2D eigenvalue weighted by Gasteiger charge is 2.32. The van der Waals surface area contributed by atoms with E-state index in [2.05, 4.69) is 15.6 Å². The van der Waals surface area contributed by atoms with Crippen LogP contribution < -0.4 is 15.4 Å². The van der Waals surface area contributed by atoms with Crippen molar-refractivity contribution in [1.29, 1.82) is 0 Å². The number of rotatable bonds is 3. The molecule has 1 aromatic heterocycles. The third kappa shape index (κ3) is 2.76. The topological polar surface area (TPSA) is 85.2 Å². The first-order valence-electron chi connectivity index (χ1n) is 7.98. The van der Waals surface area contributed by atoms with E-state index in [0.29, 0.717) is 27.9 Å². The summed E-state index contributed by atoms with van der Waals surface area (Å²) in [5, 5.41) is 6.26. The summed E-state index contributed by atoms with van der Waals surface area (Å²) in [6, 6.07) is 11.5. The average molecular weight is 371 g/mol. The summed E-state index contributed by atoms with van der Waals surface area (Å²) < 4.78 is 6.73. The minimum Gasteiger partial charge on any atom is -0.495 e. The fourth-order valence-corrected chi connectivity index (χ4v) is 3.18. The maximum Gasteiger partial charge on any atom is 0.247 e. The van der Waals surface area contributed by atoms with Crippen LogP contribution in [0.1, 0.15) is 11.2 Å². The zero-order chi connectivity index (χ0) is 18.3.